The molecule has 102 valence electrons. The first kappa shape index (κ1) is 13.6. The smallest absolute Gasteiger partial charge is 0.295 e. The molecule has 2 rings (SSSR count). The predicted octanol–water partition coefficient (Wildman–Crippen LogP) is 2.62. The summed E-state index contributed by atoms with van der Waals surface area (Å²) in [4.78, 5) is 18.3. The Labute approximate surface area is 114 Å². The van der Waals surface area contributed by atoms with E-state index in [2.05, 4.69) is 4.99 Å². The molecule has 0 bridgehead atoms. The van der Waals surface area contributed by atoms with Crippen molar-refractivity contribution in [1.82, 2.24) is 4.90 Å². The first-order valence-electron chi connectivity index (χ1n) is 6.78. The van der Waals surface area contributed by atoms with Crippen LogP contribution in [-0.4, -0.2) is 36.5 Å². The third kappa shape index (κ3) is 3.56. The zero-order valence-electron chi connectivity index (χ0n) is 11.6. The van der Waals surface area contributed by atoms with Crippen LogP contribution in [0.3, 0.4) is 0 Å². The van der Waals surface area contributed by atoms with Gasteiger partial charge in [-0.05, 0) is 38.8 Å². The monoisotopic (exact) mass is 260 g/mol. The van der Waals surface area contributed by atoms with Gasteiger partial charge in [0.05, 0.1) is 6.61 Å². The van der Waals surface area contributed by atoms with Crippen molar-refractivity contribution in [2.75, 3.05) is 19.7 Å². The number of amidine groups is 1. The fraction of sp³-hybridized carbons (Fsp3) is 0.467. The molecule has 1 aromatic rings. The number of carbonyl (C=O) groups excluding carboxylic acids is 1. The van der Waals surface area contributed by atoms with Gasteiger partial charge in [0.25, 0.3) is 11.9 Å². The quantitative estimate of drug-likeness (QED) is 0.606. The molecule has 0 radical (unpaired) electrons. The predicted molar refractivity (Wildman–Crippen MR) is 75.4 cm³/mol. The van der Waals surface area contributed by atoms with E-state index >= 15 is 0 Å². The lowest BCUT2D eigenvalue weighted by molar-refractivity contribution is 0.0995. The molecule has 19 heavy (non-hydrogen) atoms. The van der Waals surface area contributed by atoms with Crippen LogP contribution in [0, 0.1) is 6.92 Å². The van der Waals surface area contributed by atoms with Crippen molar-refractivity contribution in [3.05, 3.63) is 35.4 Å². The van der Waals surface area contributed by atoms with Crippen LogP contribution in [0.2, 0.25) is 0 Å². The number of rotatable bonds is 2. The number of benzene rings is 1. The maximum Gasteiger partial charge on any atom is 0.295 e. The fourth-order valence-electron chi connectivity index (χ4n) is 2.16. The van der Waals surface area contributed by atoms with Crippen molar-refractivity contribution in [2.45, 2.75) is 26.7 Å². The molecule has 1 aromatic carbocycles. The molecule has 1 amide bonds. The van der Waals surface area contributed by atoms with Gasteiger partial charge in [-0.3, -0.25) is 4.79 Å². The Morgan fingerprint density at radius 1 is 1.37 bits per heavy atom. The van der Waals surface area contributed by atoms with E-state index in [1.54, 1.807) is 6.07 Å². The van der Waals surface area contributed by atoms with Crippen LogP contribution in [0.5, 0.6) is 0 Å². The number of amides is 1. The largest absolute Gasteiger partial charge is 0.465 e. The van der Waals surface area contributed by atoms with Gasteiger partial charge in [0.1, 0.15) is 0 Å². The second kappa shape index (κ2) is 6.36. The van der Waals surface area contributed by atoms with E-state index in [0.717, 1.165) is 31.5 Å². The number of nitrogens with zero attached hydrogens (tertiary/aromatic N) is 2. The normalized spacial score (nSPS) is 15.7. The molecule has 4 heteroatoms. The van der Waals surface area contributed by atoms with Gasteiger partial charge in [-0.15, -0.1) is 0 Å². The lowest BCUT2D eigenvalue weighted by Gasteiger charge is -2.18. The molecule has 0 saturated carbocycles. The minimum Gasteiger partial charge on any atom is -0.465 e. The van der Waals surface area contributed by atoms with Crippen LogP contribution in [0.25, 0.3) is 0 Å². The van der Waals surface area contributed by atoms with Crippen molar-refractivity contribution >= 4 is 11.9 Å². The van der Waals surface area contributed by atoms with Crippen molar-refractivity contribution in [3.8, 4) is 0 Å². The van der Waals surface area contributed by atoms with Crippen molar-refractivity contribution < 1.29 is 9.53 Å². The molecule has 0 aromatic heterocycles. The summed E-state index contributed by atoms with van der Waals surface area (Å²) in [6, 6.07) is 7.93. The van der Waals surface area contributed by atoms with Crippen LogP contribution in [0.1, 0.15) is 35.7 Å². The molecule has 0 spiro atoms. The van der Waals surface area contributed by atoms with Gasteiger partial charge in [0.2, 0.25) is 0 Å². The SMILES string of the molecule is CCOC(=NC(=O)c1cccc(C)c1)N1CCCC1. The highest BCUT2D eigenvalue weighted by Gasteiger charge is 2.19. The standard InChI is InChI=1S/C15H20N2O2/c1-3-19-15(17-9-4-5-10-17)16-14(18)13-8-6-7-12(2)11-13/h6-8,11H,3-5,9-10H2,1-2H3. The van der Waals surface area contributed by atoms with E-state index in [4.69, 9.17) is 4.74 Å². The summed E-state index contributed by atoms with van der Waals surface area (Å²) < 4.78 is 5.50. The number of aryl methyl sites for hydroxylation is 1. The first-order valence-corrected chi connectivity index (χ1v) is 6.78. The number of aliphatic imine (C=N–C) groups is 1. The van der Waals surface area contributed by atoms with E-state index < -0.39 is 0 Å². The molecule has 4 nitrogen and oxygen atoms in total. The molecule has 0 N–H and O–H groups in total. The van der Waals surface area contributed by atoms with Crippen LogP contribution in [0.15, 0.2) is 29.3 Å². The molecule has 1 saturated heterocycles. The Kier molecular flexibility index (Phi) is 4.55. The number of carbonyl (C=O) groups is 1. The summed E-state index contributed by atoms with van der Waals surface area (Å²) >= 11 is 0. The second-order valence-electron chi connectivity index (χ2n) is 4.70. The first-order chi connectivity index (χ1) is 9.20. The van der Waals surface area contributed by atoms with Gasteiger partial charge >= 0.3 is 0 Å². The second-order valence-corrected chi connectivity index (χ2v) is 4.70. The molecule has 1 aliphatic rings. The molecular formula is C15H20N2O2. The highest BCUT2D eigenvalue weighted by atomic mass is 16.5. The van der Waals surface area contributed by atoms with E-state index in [1.807, 2.05) is 36.9 Å². The van der Waals surface area contributed by atoms with Crippen LogP contribution >= 0.6 is 0 Å². The zero-order chi connectivity index (χ0) is 13.7. The molecule has 1 fully saturated rings. The van der Waals surface area contributed by atoms with Gasteiger partial charge in [0, 0.05) is 18.7 Å². The summed E-state index contributed by atoms with van der Waals surface area (Å²) in [6.45, 7) is 6.23. The summed E-state index contributed by atoms with van der Waals surface area (Å²) in [6.07, 6.45) is 2.26. The Morgan fingerprint density at radius 2 is 2.11 bits per heavy atom. The number of likely N-dealkylation sites (tertiary alicyclic amines) is 1. The fourth-order valence-corrected chi connectivity index (χ4v) is 2.16. The maximum atomic E-state index is 12.1. The lowest BCUT2D eigenvalue weighted by Crippen LogP contribution is -2.31. The van der Waals surface area contributed by atoms with E-state index in [9.17, 15) is 4.79 Å². The summed E-state index contributed by atoms with van der Waals surface area (Å²) in [5, 5.41) is 0. The van der Waals surface area contributed by atoms with E-state index in [-0.39, 0.29) is 5.91 Å². The highest BCUT2D eigenvalue weighted by molar-refractivity contribution is 6.01. The molecule has 0 unspecified atom stereocenters. The minimum absolute atomic E-state index is 0.237. The Hall–Kier alpha value is -1.84. The summed E-state index contributed by atoms with van der Waals surface area (Å²) in [7, 11) is 0. The molecule has 1 heterocycles. The third-order valence-corrected chi connectivity index (χ3v) is 3.11. The molecule has 0 atom stereocenters. The van der Waals surface area contributed by atoms with Crippen LogP contribution in [-0.2, 0) is 4.74 Å². The van der Waals surface area contributed by atoms with Crippen molar-refractivity contribution in [3.63, 3.8) is 0 Å². The number of hydrogen-bond acceptors (Lipinski definition) is 2. The average Bonchev–Trinajstić information content (AvgIpc) is 2.92. The van der Waals surface area contributed by atoms with Gasteiger partial charge < -0.3 is 9.64 Å². The lowest BCUT2D eigenvalue weighted by atomic mass is 10.1. The van der Waals surface area contributed by atoms with Gasteiger partial charge in [0.15, 0.2) is 0 Å². The molecule has 0 aliphatic carbocycles. The average molecular weight is 260 g/mol. The zero-order valence-corrected chi connectivity index (χ0v) is 11.6. The van der Waals surface area contributed by atoms with Crippen LogP contribution in [0.4, 0.5) is 0 Å². The maximum absolute atomic E-state index is 12.1. The molecular weight excluding hydrogens is 240 g/mol. The minimum atomic E-state index is -0.237. The van der Waals surface area contributed by atoms with Crippen molar-refractivity contribution in [1.29, 1.82) is 0 Å². The Morgan fingerprint density at radius 3 is 2.74 bits per heavy atom. The van der Waals surface area contributed by atoms with E-state index in [1.165, 1.54) is 0 Å². The van der Waals surface area contributed by atoms with Gasteiger partial charge in [-0.2, -0.15) is 4.99 Å². The summed E-state index contributed by atoms with van der Waals surface area (Å²) in [5.41, 5.74) is 1.66. The number of hydrogen-bond donors (Lipinski definition) is 0. The third-order valence-electron chi connectivity index (χ3n) is 3.11. The Bertz CT molecular complexity index is 477. The Balaban J connectivity index is 2.17. The van der Waals surface area contributed by atoms with Crippen LogP contribution < -0.4 is 0 Å². The number of ether oxygens (including phenoxy) is 1. The van der Waals surface area contributed by atoms with Gasteiger partial charge in [-0.1, -0.05) is 17.7 Å². The van der Waals surface area contributed by atoms with Gasteiger partial charge in [-0.25, -0.2) is 0 Å². The summed E-state index contributed by atoms with van der Waals surface area (Å²) in [5.74, 6) is -0.237. The highest BCUT2D eigenvalue weighted by Crippen LogP contribution is 2.11. The topological polar surface area (TPSA) is 41.9 Å². The molecule has 1 aliphatic heterocycles. The van der Waals surface area contributed by atoms with Crippen molar-refractivity contribution in [2.24, 2.45) is 4.99 Å². The van der Waals surface area contributed by atoms with E-state index in [0.29, 0.717) is 18.2 Å².